The topological polar surface area (TPSA) is 140 Å². The molecule has 2 N–H and O–H groups in total. The molecule has 2 rings (SSSR count). The fourth-order valence-corrected chi connectivity index (χ4v) is 3.31. The number of hydrogen-bond acceptors (Lipinski definition) is 7. The Kier molecular flexibility index (Phi) is 8.73. The molecule has 2 aromatic rings. The van der Waals surface area contributed by atoms with Crippen LogP contribution in [-0.4, -0.2) is 25.9 Å². The Labute approximate surface area is 207 Å². The Morgan fingerprint density at radius 3 is 1.86 bits per heavy atom. The van der Waals surface area contributed by atoms with Crippen molar-refractivity contribution in [2.45, 2.75) is 9.79 Å². The van der Waals surface area contributed by atoms with Gasteiger partial charge < -0.3 is 14.8 Å². The minimum atomic E-state index is -4.89. The third-order valence-electron chi connectivity index (χ3n) is 2.52. The summed E-state index contributed by atoms with van der Waals surface area (Å²) in [5.74, 6) is 0. The molecule has 7 nitrogen and oxygen atoms in total. The maximum atomic E-state index is 11.2. The van der Waals surface area contributed by atoms with Crippen molar-refractivity contribution in [2.75, 3.05) is 5.73 Å². The van der Waals surface area contributed by atoms with Crippen molar-refractivity contribution in [3.05, 3.63) is 30.3 Å². The van der Waals surface area contributed by atoms with Gasteiger partial charge in [-0.3, -0.25) is 0 Å². The maximum Gasteiger partial charge on any atom is 1.00 e. The first-order valence-electron chi connectivity index (χ1n) is 4.85. The summed E-state index contributed by atoms with van der Waals surface area (Å²) in [6.45, 7) is 0. The van der Waals surface area contributed by atoms with Crippen LogP contribution in [0.3, 0.4) is 0 Å². The monoisotopic (exact) mass is 379 g/mol. The second-order valence-electron chi connectivity index (χ2n) is 3.74. The molecule has 0 amide bonds. The fraction of sp³-hybridized carbons (Fsp3) is 0. The van der Waals surface area contributed by atoms with Gasteiger partial charge in [-0.15, -0.1) is 0 Å². The number of hydrogen-bond donors (Lipinski definition) is 1. The van der Waals surface area contributed by atoms with Gasteiger partial charge in [-0.25, -0.2) is 16.8 Å². The van der Waals surface area contributed by atoms with Crippen molar-refractivity contribution in [1.29, 1.82) is 0 Å². The van der Waals surface area contributed by atoms with E-state index in [0.29, 0.717) is 0 Å². The van der Waals surface area contributed by atoms with E-state index in [-0.39, 0.29) is 119 Å². The number of anilines is 1. The summed E-state index contributed by atoms with van der Waals surface area (Å²) in [6.07, 6.45) is 0. The van der Waals surface area contributed by atoms with Crippen molar-refractivity contribution < 1.29 is 129 Å². The van der Waals surface area contributed by atoms with E-state index in [1.807, 2.05) is 0 Å². The molecular formula is C10H7K2NO6S2. The van der Waals surface area contributed by atoms with E-state index in [2.05, 4.69) is 0 Å². The summed E-state index contributed by atoms with van der Waals surface area (Å²) in [7, 11) is -9.69. The van der Waals surface area contributed by atoms with E-state index < -0.39 is 30.0 Å². The van der Waals surface area contributed by atoms with Crippen molar-refractivity contribution in [2.24, 2.45) is 0 Å². The van der Waals surface area contributed by atoms with Gasteiger partial charge in [-0.05, 0) is 12.1 Å². The van der Waals surface area contributed by atoms with Gasteiger partial charge in [0.2, 0.25) is 0 Å². The Bertz CT molecular complexity index is 880. The van der Waals surface area contributed by atoms with E-state index in [0.717, 1.165) is 12.1 Å². The van der Waals surface area contributed by atoms with Gasteiger partial charge >= 0.3 is 103 Å². The van der Waals surface area contributed by atoms with E-state index in [1.165, 1.54) is 18.2 Å². The summed E-state index contributed by atoms with van der Waals surface area (Å²) in [4.78, 5) is -1.33. The number of rotatable bonds is 2. The maximum absolute atomic E-state index is 11.2. The molecule has 0 aliphatic carbocycles. The van der Waals surface area contributed by atoms with Gasteiger partial charge in [0.15, 0.2) is 0 Å². The molecule has 21 heavy (non-hydrogen) atoms. The minimum Gasteiger partial charge on any atom is -0.744 e. The number of benzene rings is 2. The van der Waals surface area contributed by atoms with E-state index in [4.69, 9.17) is 5.73 Å². The van der Waals surface area contributed by atoms with Crippen LogP contribution >= 0.6 is 0 Å². The van der Waals surface area contributed by atoms with Crippen molar-refractivity contribution in [3.8, 4) is 0 Å². The Balaban J connectivity index is 0.00000200. The van der Waals surface area contributed by atoms with Crippen LogP contribution in [0.2, 0.25) is 0 Å². The molecule has 0 aliphatic heterocycles. The van der Waals surface area contributed by atoms with Gasteiger partial charge in [-0.2, -0.15) is 0 Å². The number of nitrogen functional groups attached to an aromatic ring is 1. The van der Waals surface area contributed by atoms with Gasteiger partial charge in [0.1, 0.15) is 20.2 Å². The predicted octanol–water partition coefficient (Wildman–Crippen LogP) is -5.76. The summed E-state index contributed by atoms with van der Waals surface area (Å²) >= 11 is 0. The average molecular weight is 379 g/mol. The van der Waals surface area contributed by atoms with Gasteiger partial charge in [0.05, 0.1) is 9.79 Å². The smallest absolute Gasteiger partial charge is 0.744 e. The SMILES string of the molecule is Nc1ccc2c(S(=O)(=O)[O-])cccc2c1S(=O)(=O)[O-].[K+].[K+]. The third-order valence-corrected chi connectivity index (χ3v) is 4.37. The molecular weight excluding hydrogens is 372 g/mol. The molecule has 0 radical (unpaired) electrons. The normalized spacial score (nSPS) is 11.5. The summed E-state index contributed by atoms with van der Waals surface area (Å²) in [5, 5.41) is -0.340. The third kappa shape index (κ3) is 5.03. The van der Waals surface area contributed by atoms with Crippen LogP contribution in [0.25, 0.3) is 10.8 Å². The molecule has 0 spiro atoms. The van der Waals surface area contributed by atoms with E-state index >= 15 is 0 Å². The van der Waals surface area contributed by atoms with E-state index in [9.17, 15) is 25.9 Å². The zero-order chi connectivity index (χ0) is 14.4. The first-order chi connectivity index (χ1) is 8.62. The predicted molar refractivity (Wildman–Crippen MR) is 64.3 cm³/mol. The molecule has 0 unspecified atom stereocenters. The second kappa shape index (κ2) is 8.11. The Morgan fingerprint density at radius 2 is 1.38 bits per heavy atom. The fourth-order valence-electron chi connectivity index (χ4n) is 1.82. The number of fused-ring (bicyclic) bond motifs is 1. The first-order valence-corrected chi connectivity index (χ1v) is 7.67. The molecule has 0 saturated carbocycles. The van der Waals surface area contributed by atoms with Crippen LogP contribution in [0.5, 0.6) is 0 Å². The molecule has 0 fully saturated rings. The molecule has 0 saturated heterocycles. The zero-order valence-corrected chi connectivity index (χ0v) is 19.1. The molecule has 11 heteroatoms. The second-order valence-corrected chi connectivity index (χ2v) is 6.41. The molecule has 0 aromatic heterocycles. The van der Waals surface area contributed by atoms with Crippen LogP contribution in [0.4, 0.5) is 5.69 Å². The van der Waals surface area contributed by atoms with E-state index in [1.54, 1.807) is 0 Å². The molecule has 0 atom stereocenters. The standard InChI is InChI=1S/C10H9NO6S2.2K/c11-8-5-4-6-7(10(8)19(15,16)17)2-1-3-9(6)18(12,13)14;;/h1-5H,11H2,(H,12,13,14)(H,15,16,17);;/q;2*+1/p-2. The molecule has 102 valence electrons. The largest absolute Gasteiger partial charge is 1.00 e. The van der Waals surface area contributed by atoms with Crippen LogP contribution in [-0.2, 0) is 20.2 Å². The van der Waals surface area contributed by atoms with Crippen LogP contribution < -0.4 is 109 Å². The summed E-state index contributed by atoms with van der Waals surface area (Å²) < 4.78 is 66.7. The Morgan fingerprint density at radius 1 is 0.810 bits per heavy atom. The first kappa shape index (κ1) is 22.6. The number of nitrogens with two attached hydrogens (primary N) is 1. The van der Waals surface area contributed by atoms with Crippen LogP contribution in [0.15, 0.2) is 40.1 Å². The van der Waals surface area contributed by atoms with Gasteiger partial charge in [0.25, 0.3) is 0 Å². The summed E-state index contributed by atoms with van der Waals surface area (Å²) in [5.41, 5.74) is 5.12. The molecule has 0 aliphatic rings. The van der Waals surface area contributed by atoms with Gasteiger partial charge in [0, 0.05) is 16.5 Å². The minimum absolute atomic E-state index is 0. The molecule has 0 bridgehead atoms. The van der Waals surface area contributed by atoms with Gasteiger partial charge in [-0.1, -0.05) is 18.2 Å². The summed E-state index contributed by atoms with van der Waals surface area (Å²) in [6, 6.07) is 5.67. The quantitative estimate of drug-likeness (QED) is 0.311. The molecule has 2 aromatic carbocycles. The van der Waals surface area contributed by atoms with Crippen LogP contribution in [0.1, 0.15) is 0 Å². The molecule has 0 heterocycles. The van der Waals surface area contributed by atoms with Crippen LogP contribution in [0, 0.1) is 0 Å². The average Bonchev–Trinajstić information content (AvgIpc) is 2.24. The Hall–Kier alpha value is 1.59. The van der Waals surface area contributed by atoms with Crippen molar-refractivity contribution in [3.63, 3.8) is 0 Å². The van der Waals surface area contributed by atoms with Crippen molar-refractivity contribution in [1.82, 2.24) is 0 Å². The van der Waals surface area contributed by atoms with Crippen molar-refractivity contribution >= 4 is 36.7 Å². The zero-order valence-electron chi connectivity index (χ0n) is 11.2.